The van der Waals surface area contributed by atoms with Crippen LogP contribution in [0.3, 0.4) is 0 Å². The van der Waals surface area contributed by atoms with Crippen LogP contribution in [0.1, 0.15) is 47.1 Å². The van der Waals surface area contributed by atoms with Crippen molar-refractivity contribution in [1.82, 2.24) is 19.6 Å². The van der Waals surface area contributed by atoms with Gasteiger partial charge in [0, 0.05) is 38.5 Å². The first-order valence-electron chi connectivity index (χ1n) is 9.69. The minimum atomic E-state index is -4.63. The number of aryl methyl sites for hydroxylation is 1. The number of alkyl halides is 3. The first-order chi connectivity index (χ1) is 14.3. The van der Waals surface area contributed by atoms with Gasteiger partial charge < -0.3 is 14.2 Å². The topological polar surface area (TPSA) is 71.6 Å². The third-order valence-electron chi connectivity index (χ3n) is 5.35. The van der Waals surface area contributed by atoms with Gasteiger partial charge in [-0.2, -0.15) is 18.3 Å². The van der Waals surface area contributed by atoms with Gasteiger partial charge in [-0.3, -0.25) is 14.3 Å². The lowest BCUT2D eigenvalue weighted by Gasteiger charge is -2.34. The molecule has 1 saturated carbocycles. The molecule has 162 valence electrons. The van der Waals surface area contributed by atoms with Crippen molar-refractivity contribution in [2.45, 2.75) is 37.9 Å². The highest BCUT2D eigenvalue weighted by Gasteiger charge is 2.42. The molecule has 0 bridgehead atoms. The summed E-state index contributed by atoms with van der Waals surface area (Å²) < 4.78 is 45.8. The van der Waals surface area contributed by atoms with E-state index in [-0.39, 0.29) is 41.5 Å². The van der Waals surface area contributed by atoms with Gasteiger partial charge in [0.15, 0.2) is 11.5 Å². The molecule has 2 fully saturated rings. The normalized spacial score (nSPS) is 17.5. The van der Waals surface area contributed by atoms with E-state index in [0.717, 1.165) is 12.8 Å². The zero-order valence-corrected chi connectivity index (χ0v) is 16.7. The molecule has 2 aromatic heterocycles. The van der Waals surface area contributed by atoms with Crippen molar-refractivity contribution in [3.8, 4) is 0 Å². The number of piperazine rings is 1. The number of furan rings is 1. The molecule has 0 unspecified atom stereocenters. The van der Waals surface area contributed by atoms with Gasteiger partial charge in [-0.1, -0.05) is 11.6 Å². The van der Waals surface area contributed by atoms with Crippen LogP contribution in [0, 0.1) is 0 Å². The minimum absolute atomic E-state index is 0.0150. The highest BCUT2D eigenvalue weighted by molar-refractivity contribution is 6.32. The Labute approximate surface area is 175 Å². The maximum absolute atomic E-state index is 13.1. The predicted octanol–water partition coefficient (Wildman–Crippen LogP) is 3.40. The SMILES string of the molecule is O=C(CCn1nc(C(F)(F)F)c(Cl)c1C1CC1)N1CCN(C(=O)c2ccco2)CC1. The molecule has 1 saturated heterocycles. The number of carbonyl (C=O) groups excluding carboxylic acids is 2. The van der Waals surface area contributed by atoms with Crippen molar-refractivity contribution >= 4 is 23.4 Å². The van der Waals surface area contributed by atoms with Crippen molar-refractivity contribution in [3.05, 3.63) is 40.6 Å². The first kappa shape index (κ1) is 20.8. The Morgan fingerprint density at radius 1 is 1.17 bits per heavy atom. The van der Waals surface area contributed by atoms with Gasteiger partial charge in [0.1, 0.15) is 0 Å². The predicted molar refractivity (Wildman–Crippen MR) is 100 cm³/mol. The Hall–Kier alpha value is -2.49. The standard InChI is InChI=1S/C19H20ClF3N4O3/c20-15-16(12-3-4-12)27(24-17(15)19(21,22)23)6-5-14(28)25-7-9-26(10-8-25)18(29)13-2-1-11-30-13/h1-2,11-12H,3-10H2. The van der Waals surface area contributed by atoms with Crippen molar-refractivity contribution in [2.24, 2.45) is 0 Å². The highest BCUT2D eigenvalue weighted by Crippen LogP contribution is 2.46. The number of carbonyl (C=O) groups is 2. The Kier molecular flexibility index (Phi) is 5.52. The summed E-state index contributed by atoms with van der Waals surface area (Å²) >= 11 is 5.96. The second kappa shape index (κ2) is 7.98. The summed E-state index contributed by atoms with van der Waals surface area (Å²) in [5.74, 6) is -0.208. The molecule has 30 heavy (non-hydrogen) atoms. The summed E-state index contributed by atoms with van der Waals surface area (Å²) in [7, 11) is 0. The fourth-order valence-electron chi connectivity index (χ4n) is 3.63. The number of aromatic nitrogens is 2. The quantitative estimate of drug-likeness (QED) is 0.708. The molecule has 1 aliphatic heterocycles. The highest BCUT2D eigenvalue weighted by atomic mass is 35.5. The van der Waals surface area contributed by atoms with Crippen LogP contribution in [0.15, 0.2) is 22.8 Å². The molecule has 3 heterocycles. The van der Waals surface area contributed by atoms with Crippen LogP contribution in [0.2, 0.25) is 5.02 Å². The summed E-state index contributed by atoms with van der Waals surface area (Å²) in [6.45, 7) is 1.48. The molecule has 2 aromatic rings. The van der Waals surface area contributed by atoms with E-state index in [0.29, 0.717) is 31.9 Å². The summed E-state index contributed by atoms with van der Waals surface area (Å²) in [5.41, 5.74) is -0.728. The van der Waals surface area contributed by atoms with Gasteiger partial charge in [0.25, 0.3) is 5.91 Å². The van der Waals surface area contributed by atoms with Gasteiger partial charge in [-0.25, -0.2) is 0 Å². The van der Waals surface area contributed by atoms with E-state index in [9.17, 15) is 22.8 Å². The van der Waals surface area contributed by atoms with E-state index in [2.05, 4.69) is 5.10 Å². The third-order valence-corrected chi connectivity index (χ3v) is 5.73. The van der Waals surface area contributed by atoms with Crippen molar-refractivity contribution in [2.75, 3.05) is 26.2 Å². The molecule has 1 aliphatic carbocycles. The van der Waals surface area contributed by atoms with E-state index >= 15 is 0 Å². The largest absolute Gasteiger partial charge is 0.459 e. The molecule has 0 atom stereocenters. The van der Waals surface area contributed by atoms with Crippen LogP contribution in [-0.4, -0.2) is 57.6 Å². The average Bonchev–Trinajstić information content (AvgIpc) is 3.26. The Morgan fingerprint density at radius 2 is 1.83 bits per heavy atom. The molecule has 0 aromatic carbocycles. The lowest BCUT2D eigenvalue weighted by Crippen LogP contribution is -2.50. The zero-order valence-electron chi connectivity index (χ0n) is 16.0. The number of hydrogen-bond donors (Lipinski definition) is 0. The molecular weight excluding hydrogens is 425 g/mol. The third kappa shape index (κ3) is 4.19. The molecule has 0 spiro atoms. The molecule has 4 rings (SSSR count). The van der Waals surface area contributed by atoms with Gasteiger partial charge >= 0.3 is 6.18 Å². The summed E-state index contributed by atoms with van der Waals surface area (Å²) in [4.78, 5) is 28.1. The summed E-state index contributed by atoms with van der Waals surface area (Å²) in [5, 5.41) is 3.29. The van der Waals surface area contributed by atoms with Crippen molar-refractivity contribution in [3.63, 3.8) is 0 Å². The lowest BCUT2D eigenvalue weighted by molar-refractivity contribution is -0.141. The van der Waals surface area contributed by atoms with E-state index in [1.54, 1.807) is 21.9 Å². The van der Waals surface area contributed by atoms with Gasteiger partial charge in [-0.15, -0.1) is 0 Å². The molecule has 0 radical (unpaired) electrons. The minimum Gasteiger partial charge on any atom is -0.459 e. The smallest absolute Gasteiger partial charge is 0.436 e. The first-order valence-corrected chi connectivity index (χ1v) is 10.1. The second-order valence-electron chi connectivity index (χ2n) is 7.44. The average molecular weight is 445 g/mol. The van der Waals surface area contributed by atoms with Gasteiger partial charge in [0.05, 0.1) is 23.5 Å². The molecule has 2 aliphatic rings. The zero-order chi connectivity index (χ0) is 21.5. The van der Waals surface area contributed by atoms with E-state index in [1.807, 2.05) is 0 Å². The molecule has 2 amide bonds. The Bertz CT molecular complexity index is 930. The summed E-state index contributed by atoms with van der Waals surface area (Å²) in [6, 6.07) is 3.22. The van der Waals surface area contributed by atoms with Crippen LogP contribution in [0.4, 0.5) is 13.2 Å². The number of hydrogen-bond acceptors (Lipinski definition) is 4. The van der Waals surface area contributed by atoms with Crippen LogP contribution >= 0.6 is 11.6 Å². The molecule has 0 N–H and O–H groups in total. The number of halogens is 4. The fourth-order valence-corrected chi connectivity index (χ4v) is 4.02. The lowest BCUT2D eigenvalue weighted by atomic mass is 10.2. The van der Waals surface area contributed by atoms with Crippen LogP contribution in [-0.2, 0) is 17.5 Å². The second-order valence-corrected chi connectivity index (χ2v) is 7.82. The molecular formula is C19H20ClF3N4O3. The number of nitrogens with zero attached hydrogens (tertiary/aromatic N) is 4. The number of rotatable bonds is 5. The van der Waals surface area contributed by atoms with Crippen LogP contribution in [0.5, 0.6) is 0 Å². The Balaban J connectivity index is 1.35. The monoisotopic (exact) mass is 444 g/mol. The van der Waals surface area contributed by atoms with E-state index < -0.39 is 11.9 Å². The number of amides is 2. The van der Waals surface area contributed by atoms with Crippen LogP contribution in [0.25, 0.3) is 0 Å². The molecule has 11 heteroatoms. The van der Waals surface area contributed by atoms with E-state index in [1.165, 1.54) is 10.9 Å². The molecule has 7 nitrogen and oxygen atoms in total. The van der Waals surface area contributed by atoms with Crippen LogP contribution < -0.4 is 0 Å². The Morgan fingerprint density at radius 3 is 2.40 bits per heavy atom. The maximum Gasteiger partial charge on any atom is 0.436 e. The van der Waals surface area contributed by atoms with Crippen molar-refractivity contribution < 1.29 is 27.2 Å². The van der Waals surface area contributed by atoms with Gasteiger partial charge in [0.2, 0.25) is 5.91 Å². The van der Waals surface area contributed by atoms with E-state index in [4.69, 9.17) is 16.0 Å². The van der Waals surface area contributed by atoms with Gasteiger partial charge in [-0.05, 0) is 25.0 Å². The summed E-state index contributed by atoms with van der Waals surface area (Å²) in [6.07, 6.45) is -1.66. The fraction of sp³-hybridized carbons (Fsp3) is 0.526. The van der Waals surface area contributed by atoms with Crippen molar-refractivity contribution in [1.29, 1.82) is 0 Å². The maximum atomic E-state index is 13.1.